The highest BCUT2D eigenvalue weighted by Crippen LogP contribution is 2.31. The summed E-state index contributed by atoms with van der Waals surface area (Å²) in [5.74, 6) is -0.260. The Morgan fingerprint density at radius 2 is 1.82 bits per heavy atom. The Balaban J connectivity index is 1.70. The second kappa shape index (κ2) is 5.15. The number of nitrogens with one attached hydrogen (secondary N) is 1. The first kappa shape index (κ1) is 12.8. The molecule has 4 aromatic rings. The van der Waals surface area contributed by atoms with Crippen molar-refractivity contribution in [1.82, 2.24) is 4.98 Å². The number of furan rings is 1. The number of hydrogen-bond donors (Lipinski definition) is 1. The molecule has 0 fully saturated rings. The van der Waals surface area contributed by atoms with E-state index in [1.54, 1.807) is 12.3 Å². The summed E-state index contributed by atoms with van der Waals surface area (Å²) in [6.07, 6.45) is 3.58. The standard InChI is InChI=1S/C18H13FN2O/c19-13-3-5-17-15(8-13)16-9-14(4-6-18(16)22-17)21-11-12-2-1-7-20-10-12/h1-10,21H,11H2. The van der Waals surface area contributed by atoms with E-state index < -0.39 is 0 Å². The zero-order chi connectivity index (χ0) is 14.9. The van der Waals surface area contributed by atoms with Crippen LogP contribution in [-0.4, -0.2) is 4.98 Å². The van der Waals surface area contributed by atoms with Crippen LogP contribution in [0, 0.1) is 5.82 Å². The number of benzene rings is 2. The Labute approximate surface area is 126 Å². The number of hydrogen-bond acceptors (Lipinski definition) is 3. The van der Waals surface area contributed by atoms with Crippen molar-refractivity contribution in [2.75, 3.05) is 5.32 Å². The summed E-state index contributed by atoms with van der Waals surface area (Å²) in [6, 6.07) is 14.3. The number of nitrogens with zero attached hydrogens (tertiary/aromatic N) is 1. The maximum absolute atomic E-state index is 13.4. The summed E-state index contributed by atoms with van der Waals surface area (Å²) in [7, 11) is 0. The lowest BCUT2D eigenvalue weighted by Crippen LogP contribution is -1.99. The normalized spacial score (nSPS) is 11.1. The average Bonchev–Trinajstić information content (AvgIpc) is 2.91. The number of anilines is 1. The van der Waals surface area contributed by atoms with Gasteiger partial charge in [-0.1, -0.05) is 6.07 Å². The molecule has 0 bridgehead atoms. The number of rotatable bonds is 3. The van der Waals surface area contributed by atoms with Gasteiger partial charge in [-0.2, -0.15) is 0 Å². The molecule has 0 saturated carbocycles. The molecule has 0 saturated heterocycles. The van der Waals surface area contributed by atoms with E-state index in [2.05, 4.69) is 10.3 Å². The third-order valence-corrected chi connectivity index (χ3v) is 3.65. The molecule has 0 unspecified atom stereocenters. The number of fused-ring (bicyclic) bond motifs is 3. The van der Waals surface area contributed by atoms with Crippen molar-refractivity contribution in [3.05, 3.63) is 72.3 Å². The van der Waals surface area contributed by atoms with Gasteiger partial charge in [-0.15, -0.1) is 0 Å². The minimum absolute atomic E-state index is 0.260. The van der Waals surface area contributed by atoms with Crippen LogP contribution >= 0.6 is 0 Å². The maximum atomic E-state index is 13.4. The predicted octanol–water partition coefficient (Wildman–Crippen LogP) is 4.73. The lowest BCUT2D eigenvalue weighted by atomic mass is 10.1. The summed E-state index contributed by atoms with van der Waals surface area (Å²) in [5.41, 5.74) is 3.52. The summed E-state index contributed by atoms with van der Waals surface area (Å²) in [5, 5.41) is 5.05. The molecule has 0 spiro atoms. The molecular weight excluding hydrogens is 279 g/mol. The monoisotopic (exact) mass is 292 g/mol. The van der Waals surface area contributed by atoms with Gasteiger partial charge in [0.05, 0.1) is 0 Å². The van der Waals surface area contributed by atoms with Crippen molar-refractivity contribution in [3.8, 4) is 0 Å². The molecule has 0 aliphatic heterocycles. The van der Waals surface area contributed by atoms with Crippen LogP contribution < -0.4 is 5.32 Å². The maximum Gasteiger partial charge on any atom is 0.135 e. The minimum Gasteiger partial charge on any atom is -0.456 e. The summed E-state index contributed by atoms with van der Waals surface area (Å²) in [4.78, 5) is 4.09. The van der Waals surface area contributed by atoms with Gasteiger partial charge in [-0.05, 0) is 48.0 Å². The van der Waals surface area contributed by atoms with Gasteiger partial charge in [0.15, 0.2) is 0 Å². The Hall–Kier alpha value is -2.88. The van der Waals surface area contributed by atoms with E-state index in [0.29, 0.717) is 12.1 Å². The van der Waals surface area contributed by atoms with Gasteiger partial charge in [-0.3, -0.25) is 4.98 Å². The lowest BCUT2D eigenvalue weighted by molar-refractivity contribution is 0.626. The second-order valence-electron chi connectivity index (χ2n) is 5.17. The summed E-state index contributed by atoms with van der Waals surface area (Å²) >= 11 is 0. The Morgan fingerprint density at radius 1 is 1.00 bits per heavy atom. The molecule has 2 heterocycles. The third kappa shape index (κ3) is 2.29. The highest BCUT2D eigenvalue weighted by Gasteiger charge is 2.08. The van der Waals surface area contributed by atoms with Crippen molar-refractivity contribution >= 4 is 27.6 Å². The highest BCUT2D eigenvalue weighted by atomic mass is 19.1. The van der Waals surface area contributed by atoms with Gasteiger partial charge in [0.2, 0.25) is 0 Å². The van der Waals surface area contributed by atoms with E-state index in [-0.39, 0.29) is 5.82 Å². The first-order valence-corrected chi connectivity index (χ1v) is 7.04. The molecule has 2 aromatic carbocycles. The Kier molecular flexibility index (Phi) is 3.00. The molecule has 2 aromatic heterocycles. The lowest BCUT2D eigenvalue weighted by Gasteiger charge is -2.06. The van der Waals surface area contributed by atoms with Gasteiger partial charge in [0.1, 0.15) is 17.0 Å². The van der Waals surface area contributed by atoms with E-state index in [4.69, 9.17) is 4.42 Å². The smallest absolute Gasteiger partial charge is 0.135 e. The minimum atomic E-state index is -0.260. The fourth-order valence-corrected chi connectivity index (χ4v) is 2.57. The van der Waals surface area contributed by atoms with Crippen LogP contribution in [-0.2, 0) is 6.54 Å². The molecule has 0 amide bonds. The first-order chi connectivity index (χ1) is 10.8. The Bertz CT molecular complexity index is 947. The molecule has 0 radical (unpaired) electrons. The molecule has 22 heavy (non-hydrogen) atoms. The molecule has 0 aliphatic rings. The largest absolute Gasteiger partial charge is 0.456 e. The van der Waals surface area contributed by atoms with Gasteiger partial charge in [-0.25, -0.2) is 4.39 Å². The van der Waals surface area contributed by atoms with Crippen LogP contribution in [0.2, 0.25) is 0 Å². The van der Waals surface area contributed by atoms with Crippen LogP contribution in [0.5, 0.6) is 0 Å². The van der Waals surface area contributed by atoms with Crippen LogP contribution in [0.3, 0.4) is 0 Å². The zero-order valence-corrected chi connectivity index (χ0v) is 11.7. The predicted molar refractivity (Wildman–Crippen MR) is 85.2 cm³/mol. The van der Waals surface area contributed by atoms with Gasteiger partial charge >= 0.3 is 0 Å². The van der Waals surface area contributed by atoms with Gasteiger partial charge in [0, 0.05) is 35.4 Å². The van der Waals surface area contributed by atoms with E-state index in [0.717, 1.165) is 27.6 Å². The number of aromatic nitrogens is 1. The SMILES string of the molecule is Fc1ccc2oc3ccc(NCc4cccnc4)cc3c2c1. The Morgan fingerprint density at radius 3 is 2.64 bits per heavy atom. The number of halogens is 1. The third-order valence-electron chi connectivity index (χ3n) is 3.65. The molecule has 4 rings (SSSR count). The molecule has 3 nitrogen and oxygen atoms in total. The fourth-order valence-electron chi connectivity index (χ4n) is 2.57. The quantitative estimate of drug-likeness (QED) is 0.593. The van der Waals surface area contributed by atoms with Crippen molar-refractivity contribution < 1.29 is 8.81 Å². The van der Waals surface area contributed by atoms with E-state index in [1.807, 2.05) is 36.5 Å². The summed E-state index contributed by atoms with van der Waals surface area (Å²) in [6.45, 7) is 0.684. The number of pyridine rings is 1. The van der Waals surface area contributed by atoms with Crippen LogP contribution in [0.15, 0.2) is 65.3 Å². The molecule has 1 N–H and O–H groups in total. The molecule has 4 heteroatoms. The van der Waals surface area contributed by atoms with Crippen LogP contribution in [0.1, 0.15) is 5.56 Å². The topological polar surface area (TPSA) is 38.1 Å². The van der Waals surface area contributed by atoms with E-state index in [9.17, 15) is 4.39 Å². The fraction of sp³-hybridized carbons (Fsp3) is 0.0556. The average molecular weight is 292 g/mol. The summed E-state index contributed by atoms with van der Waals surface area (Å²) < 4.78 is 19.2. The second-order valence-corrected chi connectivity index (χ2v) is 5.17. The van der Waals surface area contributed by atoms with Crippen LogP contribution in [0.4, 0.5) is 10.1 Å². The van der Waals surface area contributed by atoms with Crippen molar-refractivity contribution in [1.29, 1.82) is 0 Å². The molecule has 0 aliphatic carbocycles. The van der Waals surface area contributed by atoms with E-state index >= 15 is 0 Å². The molecule has 108 valence electrons. The van der Waals surface area contributed by atoms with E-state index in [1.165, 1.54) is 12.1 Å². The van der Waals surface area contributed by atoms with Crippen molar-refractivity contribution in [2.45, 2.75) is 6.54 Å². The van der Waals surface area contributed by atoms with Crippen LogP contribution in [0.25, 0.3) is 21.9 Å². The zero-order valence-electron chi connectivity index (χ0n) is 11.7. The first-order valence-electron chi connectivity index (χ1n) is 7.04. The highest BCUT2D eigenvalue weighted by molar-refractivity contribution is 6.05. The molecular formula is C18H13FN2O. The van der Waals surface area contributed by atoms with Crippen molar-refractivity contribution in [2.24, 2.45) is 0 Å². The van der Waals surface area contributed by atoms with Crippen molar-refractivity contribution in [3.63, 3.8) is 0 Å². The molecule has 0 atom stereocenters. The van der Waals surface area contributed by atoms with Gasteiger partial charge in [0.25, 0.3) is 0 Å². The van der Waals surface area contributed by atoms with Gasteiger partial charge < -0.3 is 9.73 Å².